The van der Waals surface area contributed by atoms with Crippen LogP contribution >= 0.6 is 0 Å². The molecule has 0 aliphatic heterocycles. The summed E-state index contributed by atoms with van der Waals surface area (Å²) in [6, 6.07) is 10.2. The SMILES string of the molecule is C[C](Cc1ccccc1)C(C)(C)O. The Hall–Kier alpha value is -0.820. The topological polar surface area (TPSA) is 20.2 Å². The van der Waals surface area contributed by atoms with Crippen LogP contribution < -0.4 is 0 Å². The zero-order valence-corrected chi connectivity index (χ0v) is 8.54. The molecule has 0 heterocycles. The van der Waals surface area contributed by atoms with Crippen LogP contribution in [0, 0.1) is 5.92 Å². The van der Waals surface area contributed by atoms with Crippen LogP contribution in [0.4, 0.5) is 0 Å². The fourth-order valence-corrected chi connectivity index (χ4v) is 1.12. The van der Waals surface area contributed by atoms with E-state index in [0.29, 0.717) is 0 Å². The van der Waals surface area contributed by atoms with Crippen LogP contribution in [-0.4, -0.2) is 10.7 Å². The lowest BCUT2D eigenvalue weighted by Crippen LogP contribution is -2.28. The molecule has 0 aliphatic rings. The summed E-state index contributed by atoms with van der Waals surface area (Å²) in [5.41, 5.74) is 0.581. The molecule has 0 spiro atoms. The normalized spacial score (nSPS) is 12.1. The standard InChI is InChI=1S/C12H17O/c1-10(12(2,3)13)9-11-7-5-4-6-8-11/h4-8,13H,9H2,1-3H3. The zero-order chi connectivity index (χ0) is 9.90. The van der Waals surface area contributed by atoms with E-state index >= 15 is 0 Å². The van der Waals surface area contributed by atoms with E-state index in [1.807, 2.05) is 39.0 Å². The minimum absolute atomic E-state index is 0.671. The van der Waals surface area contributed by atoms with Gasteiger partial charge in [0.1, 0.15) is 0 Å². The summed E-state index contributed by atoms with van der Waals surface area (Å²) in [6.45, 7) is 5.64. The Morgan fingerprint density at radius 3 is 2.23 bits per heavy atom. The van der Waals surface area contributed by atoms with E-state index in [0.717, 1.165) is 12.3 Å². The fourth-order valence-electron chi connectivity index (χ4n) is 1.12. The van der Waals surface area contributed by atoms with Crippen molar-refractivity contribution in [2.45, 2.75) is 32.8 Å². The van der Waals surface area contributed by atoms with Crippen molar-refractivity contribution in [1.82, 2.24) is 0 Å². The fraction of sp³-hybridized carbons (Fsp3) is 0.417. The minimum Gasteiger partial charge on any atom is -0.390 e. The zero-order valence-electron chi connectivity index (χ0n) is 8.54. The molecule has 1 aromatic rings. The smallest absolute Gasteiger partial charge is 0.0654 e. The van der Waals surface area contributed by atoms with Crippen molar-refractivity contribution >= 4 is 0 Å². The average Bonchev–Trinajstić information content (AvgIpc) is 2.04. The van der Waals surface area contributed by atoms with E-state index in [9.17, 15) is 5.11 Å². The molecule has 1 nitrogen and oxygen atoms in total. The quantitative estimate of drug-likeness (QED) is 0.752. The Morgan fingerprint density at radius 1 is 1.23 bits per heavy atom. The molecule has 1 N–H and O–H groups in total. The van der Waals surface area contributed by atoms with Gasteiger partial charge in [-0.1, -0.05) is 37.3 Å². The summed E-state index contributed by atoms with van der Waals surface area (Å²) in [6.07, 6.45) is 0.852. The Morgan fingerprint density at radius 2 is 1.77 bits per heavy atom. The molecular formula is C12H17O. The number of aliphatic hydroxyl groups is 1. The third-order valence-corrected chi connectivity index (χ3v) is 2.36. The lowest BCUT2D eigenvalue weighted by molar-refractivity contribution is 0.0927. The Bertz CT molecular complexity index is 246. The maximum atomic E-state index is 9.71. The summed E-state index contributed by atoms with van der Waals surface area (Å²) in [7, 11) is 0. The molecule has 0 saturated heterocycles. The molecule has 0 bridgehead atoms. The van der Waals surface area contributed by atoms with Gasteiger partial charge in [0, 0.05) is 5.92 Å². The molecule has 1 radical (unpaired) electrons. The van der Waals surface area contributed by atoms with Gasteiger partial charge in [0.15, 0.2) is 0 Å². The van der Waals surface area contributed by atoms with Crippen molar-refractivity contribution in [3.05, 3.63) is 41.8 Å². The molecule has 0 fully saturated rings. The average molecular weight is 177 g/mol. The number of benzene rings is 1. The molecule has 0 saturated carbocycles. The van der Waals surface area contributed by atoms with Crippen molar-refractivity contribution in [2.75, 3.05) is 0 Å². The molecule has 1 heteroatoms. The summed E-state index contributed by atoms with van der Waals surface area (Å²) < 4.78 is 0. The van der Waals surface area contributed by atoms with E-state index in [1.165, 1.54) is 5.56 Å². The number of hydrogen-bond donors (Lipinski definition) is 1. The van der Waals surface area contributed by atoms with Crippen molar-refractivity contribution < 1.29 is 5.11 Å². The molecule has 0 unspecified atom stereocenters. The molecule has 1 rings (SSSR count). The summed E-state index contributed by atoms with van der Waals surface area (Å²) >= 11 is 0. The van der Waals surface area contributed by atoms with Gasteiger partial charge in [0.2, 0.25) is 0 Å². The predicted octanol–water partition coefficient (Wildman–Crippen LogP) is 2.59. The van der Waals surface area contributed by atoms with Gasteiger partial charge in [-0.15, -0.1) is 0 Å². The molecule has 0 aromatic heterocycles. The van der Waals surface area contributed by atoms with E-state index in [2.05, 4.69) is 12.1 Å². The first-order valence-electron chi connectivity index (χ1n) is 4.59. The van der Waals surface area contributed by atoms with E-state index < -0.39 is 5.60 Å². The molecule has 1 aromatic carbocycles. The lowest BCUT2D eigenvalue weighted by Gasteiger charge is -2.25. The van der Waals surface area contributed by atoms with Gasteiger partial charge in [-0.2, -0.15) is 0 Å². The van der Waals surface area contributed by atoms with Gasteiger partial charge in [-0.25, -0.2) is 0 Å². The van der Waals surface area contributed by atoms with Crippen LogP contribution in [0.5, 0.6) is 0 Å². The highest BCUT2D eigenvalue weighted by Gasteiger charge is 2.22. The summed E-state index contributed by atoms with van der Waals surface area (Å²) in [5.74, 6) is 1.10. The van der Waals surface area contributed by atoms with Gasteiger partial charge in [0.05, 0.1) is 5.60 Å². The first-order valence-corrected chi connectivity index (χ1v) is 4.59. The lowest BCUT2D eigenvalue weighted by atomic mass is 9.87. The summed E-state index contributed by atoms with van der Waals surface area (Å²) in [4.78, 5) is 0. The minimum atomic E-state index is -0.671. The molecule has 71 valence electrons. The second-order valence-electron chi connectivity index (χ2n) is 4.00. The molecule has 13 heavy (non-hydrogen) atoms. The highest BCUT2D eigenvalue weighted by atomic mass is 16.3. The van der Waals surface area contributed by atoms with Crippen LogP contribution in [0.3, 0.4) is 0 Å². The predicted molar refractivity (Wildman–Crippen MR) is 55.4 cm³/mol. The number of rotatable bonds is 3. The second-order valence-corrected chi connectivity index (χ2v) is 4.00. The second kappa shape index (κ2) is 3.93. The van der Waals surface area contributed by atoms with Crippen molar-refractivity contribution in [1.29, 1.82) is 0 Å². The largest absolute Gasteiger partial charge is 0.390 e. The first kappa shape index (κ1) is 10.3. The van der Waals surface area contributed by atoms with E-state index in [1.54, 1.807) is 0 Å². The monoisotopic (exact) mass is 177 g/mol. The Balaban J connectivity index is 2.61. The highest BCUT2D eigenvalue weighted by Crippen LogP contribution is 2.22. The van der Waals surface area contributed by atoms with Crippen molar-refractivity contribution in [2.24, 2.45) is 0 Å². The summed E-state index contributed by atoms with van der Waals surface area (Å²) in [5, 5.41) is 9.71. The van der Waals surface area contributed by atoms with Gasteiger partial charge < -0.3 is 5.11 Å². The van der Waals surface area contributed by atoms with Crippen LogP contribution in [0.1, 0.15) is 26.3 Å². The molecule has 0 aliphatic carbocycles. The molecule has 0 amide bonds. The number of hydrogen-bond acceptors (Lipinski definition) is 1. The van der Waals surface area contributed by atoms with Crippen LogP contribution in [0.2, 0.25) is 0 Å². The first-order chi connectivity index (χ1) is 6.00. The highest BCUT2D eigenvalue weighted by molar-refractivity contribution is 5.20. The van der Waals surface area contributed by atoms with E-state index in [4.69, 9.17) is 0 Å². The van der Waals surface area contributed by atoms with Gasteiger partial charge in [-0.3, -0.25) is 0 Å². The Kier molecular flexibility index (Phi) is 3.10. The van der Waals surface area contributed by atoms with Gasteiger partial charge >= 0.3 is 0 Å². The van der Waals surface area contributed by atoms with Gasteiger partial charge in [0.25, 0.3) is 0 Å². The molecule has 0 atom stereocenters. The maximum absolute atomic E-state index is 9.71. The van der Waals surface area contributed by atoms with Crippen LogP contribution in [0.15, 0.2) is 30.3 Å². The third-order valence-electron chi connectivity index (χ3n) is 2.36. The van der Waals surface area contributed by atoms with E-state index in [-0.39, 0.29) is 0 Å². The maximum Gasteiger partial charge on any atom is 0.0654 e. The van der Waals surface area contributed by atoms with Crippen molar-refractivity contribution in [3.63, 3.8) is 0 Å². The van der Waals surface area contributed by atoms with Gasteiger partial charge in [-0.05, 0) is 25.8 Å². The third kappa shape index (κ3) is 3.19. The van der Waals surface area contributed by atoms with Crippen LogP contribution in [-0.2, 0) is 6.42 Å². The Labute approximate surface area is 80.4 Å². The molecular weight excluding hydrogens is 160 g/mol. The van der Waals surface area contributed by atoms with Crippen molar-refractivity contribution in [3.8, 4) is 0 Å². The van der Waals surface area contributed by atoms with Crippen LogP contribution in [0.25, 0.3) is 0 Å².